The highest BCUT2D eigenvalue weighted by Crippen LogP contribution is 2.44. The van der Waals surface area contributed by atoms with E-state index in [9.17, 15) is 4.79 Å². The molecule has 0 saturated carbocycles. The second-order valence-corrected chi connectivity index (χ2v) is 6.96. The molecule has 2 atom stereocenters. The predicted octanol–water partition coefficient (Wildman–Crippen LogP) is 3.96. The highest BCUT2D eigenvalue weighted by Gasteiger charge is 2.43. The van der Waals surface area contributed by atoms with E-state index in [4.69, 9.17) is 14.6 Å². The molecule has 0 N–H and O–H groups in total. The molecule has 1 aliphatic carbocycles. The maximum atomic E-state index is 12.7. The maximum Gasteiger partial charge on any atom is 0.242 e. The highest BCUT2D eigenvalue weighted by molar-refractivity contribution is 6.07. The standard InChI is InChI=1S/C22H24N2O3/c1-4-20(25)24-22(14-5-8-16(26-2)9-6-14)19-11-7-15-13-17(27-3)10-12-18(15)21(19)23-24/h5-6,8-10,12-13,19,22H,4,7,11H2,1-3H3/t19-,22+/m1/s1. The number of amides is 1. The molecule has 0 unspecified atom stereocenters. The van der Waals surface area contributed by atoms with Crippen LogP contribution in [0.3, 0.4) is 0 Å². The van der Waals surface area contributed by atoms with E-state index in [-0.39, 0.29) is 17.9 Å². The monoisotopic (exact) mass is 364 g/mol. The van der Waals surface area contributed by atoms with Crippen molar-refractivity contribution >= 4 is 11.6 Å². The summed E-state index contributed by atoms with van der Waals surface area (Å²) in [6.45, 7) is 1.88. The van der Waals surface area contributed by atoms with Crippen LogP contribution in [0.5, 0.6) is 11.5 Å². The number of hydrogen-bond donors (Lipinski definition) is 0. The molecule has 140 valence electrons. The molecule has 2 aliphatic rings. The number of methoxy groups -OCH3 is 2. The molecule has 5 heteroatoms. The normalized spacial score (nSPS) is 20.6. The van der Waals surface area contributed by atoms with Gasteiger partial charge in [0.15, 0.2) is 0 Å². The van der Waals surface area contributed by atoms with E-state index < -0.39 is 0 Å². The van der Waals surface area contributed by atoms with Gasteiger partial charge in [-0.2, -0.15) is 5.10 Å². The van der Waals surface area contributed by atoms with Crippen molar-refractivity contribution in [1.29, 1.82) is 0 Å². The van der Waals surface area contributed by atoms with Gasteiger partial charge in [0.05, 0.1) is 26.0 Å². The minimum atomic E-state index is -0.0615. The summed E-state index contributed by atoms with van der Waals surface area (Å²) >= 11 is 0. The smallest absolute Gasteiger partial charge is 0.242 e. The van der Waals surface area contributed by atoms with Crippen LogP contribution < -0.4 is 9.47 Å². The highest BCUT2D eigenvalue weighted by atomic mass is 16.5. The minimum absolute atomic E-state index is 0.0489. The van der Waals surface area contributed by atoms with E-state index >= 15 is 0 Å². The zero-order chi connectivity index (χ0) is 19.0. The van der Waals surface area contributed by atoms with Crippen molar-refractivity contribution in [1.82, 2.24) is 5.01 Å². The van der Waals surface area contributed by atoms with Gasteiger partial charge in [-0.05, 0) is 54.3 Å². The largest absolute Gasteiger partial charge is 0.497 e. The van der Waals surface area contributed by atoms with Gasteiger partial charge < -0.3 is 9.47 Å². The first-order valence-corrected chi connectivity index (χ1v) is 9.38. The van der Waals surface area contributed by atoms with Gasteiger partial charge in [0, 0.05) is 17.9 Å². The van der Waals surface area contributed by atoms with Crippen LogP contribution in [-0.2, 0) is 11.2 Å². The van der Waals surface area contributed by atoms with E-state index in [0.717, 1.165) is 41.2 Å². The fraction of sp³-hybridized carbons (Fsp3) is 0.364. The zero-order valence-corrected chi connectivity index (χ0v) is 15.9. The summed E-state index contributed by atoms with van der Waals surface area (Å²) in [5.41, 5.74) is 4.49. The number of rotatable bonds is 4. The third-order valence-electron chi connectivity index (χ3n) is 5.54. The van der Waals surface area contributed by atoms with Gasteiger partial charge in [0.25, 0.3) is 0 Å². The van der Waals surface area contributed by atoms with Gasteiger partial charge in [-0.1, -0.05) is 19.1 Å². The Morgan fingerprint density at radius 1 is 1.11 bits per heavy atom. The van der Waals surface area contributed by atoms with Crippen LogP contribution in [0.4, 0.5) is 0 Å². The molecule has 0 aromatic heterocycles. The summed E-state index contributed by atoms with van der Waals surface area (Å²) in [6, 6.07) is 14.0. The summed E-state index contributed by atoms with van der Waals surface area (Å²) in [5, 5.41) is 6.50. The molecule has 1 aliphatic heterocycles. The number of nitrogens with zero attached hydrogens (tertiary/aromatic N) is 2. The van der Waals surface area contributed by atoms with E-state index in [1.807, 2.05) is 37.3 Å². The molecule has 0 radical (unpaired) electrons. The lowest BCUT2D eigenvalue weighted by atomic mass is 9.77. The Labute approximate surface area is 159 Å². The molecule has 0 fully saturated rings. The van der Waals surface area contributed by atoms with Crippen molar-refractivity contribution in [2.24, 2.45) is 11.0 Å². The topological polar surface area (TPSA) is 51.1 Å². The fourth-order valence-corrected chi connectivity index (χ4v) is 4.13. The van der Waals surface area contributed by atoms with Crippen molar-refractivity contribution < 1.29 is 14.3 Å². The summed E-state index contributed by atoms with van der Waals surface area (Å²) in [4.78, 5) is 12.7. The molecule has 4 rings (SSSR count). The van der Waals surface area contributed by atoms with Gasteiger partial charge in [-0.3, -0.25) is 4.79 Å². The molecule has 1 heterocycles. The van der Waals surface area contributed by atoms with Gasteiger partial charge in [-0.15, -0.1) is 0 Å². The van der Waals surface area contributed by atoms with Crippen molar-refractivity contribution in [2.45, 2.75) is 32.2 Å². The number of benzene rings is 2. The number of carbonyl (C=O) groups excluding carboxylic acids is 1. The lowest BCUT2D eigenvalue weighted by Crippen LogP contribution is -2.31. The molecule has 2 aromatic rings. The number of ether oxygens (including phenoxy) is 2. The summed E-state index contributed by atoms with van der Waals surface area (Å²) < 4.78 is 10.6. The Morgan fingerprint density at radius 2 is 1.81 bits per heavy atom. The van der Waals surface area contributed by atoms with Crippen LogP contribution in [0.15, 0.2) is 47.6 Å². The average Bonchev–Trinajstić information content (AvgIpc) is 3.12. The second kappa shape index (κ2) is 7.06. The Morgan fingerprint density at radius 3 is 2.48 bits per heavy atom. The summed E-state index contributed by atoms with van der Waals surface area (Å²) in [5.74, 6) is 1.92. The molecule has 1 amide bonds. The maximum absolute atomic E-state index is 12.7. The molecule has 5 nitrogen and oxygen atoms in total. The van der Waals surface area contributed by atoms with Crippen molar-refractivity contribution in [3.63, 3.8) is 0 Å². The quantitative estimate of drug-likeness (QED) is 0.825. The molecular weight excluding hydrogens is 340 g/mol. The van der Waals surface area contributed by atoms with Gasteiger partial charge >= 0.3 is 0 Å². The Kier molecular flexibility index (Phi) is 4.60. The molecule has 27 heavy (non-hydrogen) atoms. The number of hydrogen-bond acceptors (Lipinski definition) is 4. The fourth-order valence-electron chi connectivity index (χ4n) is 4.13. The average molecular weight is 364 g/mol. The van der Waals surface area contributed by atoms with E-state index in [2.05, 4.69) is 12.1 Å². The van der Waals surface area contributed by atoms with Crippen LogP contribution in [0.1, 0.15) is 42.5 Å². The van der Waals surface area contributed by atoms with Crippen LogP contribution in [-0.4, -0.2) is 30.8 Å². The van der Waals surface area contributed by atoms with Gasteiger partial charge in [-0.25, -0.2) is 5.01 Å². The third-order valence-corrected chi connectivity index (χ3v) is 5.54. The van der Waals surface area contributed by atoms with Gasteiger partial charge in [0.2, 0.25) is 5.91 Å². The number of carbonyl (C=O) groups is 1. The first-order valence-electron chi connectivity index (χ1n) is 9.38. The van der Waals surface area contributed by atoms with Crippen LogP contribution in [0.25, 0.3) is 0 Å². The second-order valence-electron chi connectivity index (χ2n) is 6.96. The molecule has 0 saturated heterocycles. The van der Waals surface area contributed by atoms with Crippen LogP contribution >= 0.6 is 0 Å². The lowest BCUT2D eigenvalue weighted by molar-refractivity contribution is -0.133. The van der Waals surface area contributed by atoms with Crippen LogP contribution in [0.2, 0.25) is 0 Å². The Hall–Kier alpha value is -2.82. The first-order chi connectivity index (χ1) is 13.2. The van der Waals surface area contributed by atoms with E-state index in [1.165, 1.54) is 5.56 Å². The van der Waals surface area contributed by atoms with E-state index in [1.54, 1.807) is 19.2 Å². The minimum Gasteiger partial charge on any atom is -0.497 e. The molecule has 0 bridgehead atoms. The molecular formula is C22H24N2O3. The van der Waals surface area contributed by atoms with Crippen molar-refractivity contribution in [3.8, 4) is 11.5 Å². The van der Waals surface area contributed by atoms with Crippen molar-refractivity contribution in [2.75, 3.05) is 14.2 Å². The lowest BCUT2D eigenvalue weighted by Gasteiger charge is -2.29. The SMILES string of the molecule is CCC(=O)N1N=C2c3ccc(OC)cc3CC[C@H]2[C@@H]1c1ccc(OC)cc1. The summed E-state index contributed by atoms with van der Waals surface area (Å²) in [6.07, 6.45) is 2.35. The number of aryl methyl sites for hydroxylation is 1. The Balaban J connectivity index is 1.76. The first kappa shape index (κ1) is 17.6. The molecule has 2 aromatic carbocycles. The van der Waals surface area contributed by atoms with Gasteiger partial charge in [0.1, 0.15) is 11.5 Å². The number of hydrazone groups is 1. The zero-order valence-electron chi connectivity index (χ0n) is 15.9. The van der Waals surface area contributed by atoms with Crippen molar-refractivity contribution in [3.05, 3.63) is 59.2 Å². The molecule has 0 spiro atoms. The Bertz CT molecular complexity index is 889. The predicted molar refractivity (Wildman–Crippen MR) is 104 cm³/mol. The third kappa shape index (κ3) is 2.97. The summed E-state index contributed by atoms with van der Waals surface area (Å²) in [7, 11) is 3.34. The van der Waals surface area contributed by atoms with E-state index in [0.29, 0.717) is 6.42 Å². The van der Waals surface area contributed by atoms with Crippen LogP contribution in [0, 0.1) is 5.92 Å². The number of fused-ring (bicyclic) bond motifs is 3.